The van der Waals surface area contributed by atoms with Gasteiger partial charge in [0.05, 0.1) is 0 Å². The van der Waals surface area contributed by atoms with Gasteiger partial charge in [-0.25, -0.2) is 4.39 Å². The lowest BCUT2D eigenvalue weighted by Crippen LogP contribution is -2.00. The summed E-state index contributed by atoms with van der Waals surface area (Å²) in [5.41, 5.74) is 1.48. The molecule has 0 radical (unpaired) electrons. The molecule has 1 unspecified atom stereocenters. The quantitative estimate of drug-likeness (QED) is 0.770. The second kappa shape index (κ2) is 5.27. The predicted molar refractivity (Wildman–Crippen MR) is 76.3 cm³/mol. The smallest absolute Gasteiger partial charge is 0.134 e. The summed E-state index contributed by atoms with van der Waals surface area (Å²) >= 11 is 5.91. The molecule has 1 aromatic heterocycles. The third-order valence-electron chi connectivity index (χ3n) is 3.14. The number of hydrogen-bond acceptors (Lipinski definition) is 2. The van der Waals surface area contributed by atoms with E-state index in [4.69, 9.17) is 16.0 Å². The van der Waals surface area contributed by atoms with E-state index in [1.165, 1.54) is 12.1 Å². The van der Waals surface area contributed by atoms with Gasteiger partial charge in [0.2, 0.25) is 0 Å². The number of rotatable bonds is 3. The van der Waals surface area contributed by atoms with E-state index in [-0.39, 0.29) is 5.82 Å². The third-order valence-corrected chi connectivity index (χ3v) is 3.38. The summed E-state index contributed by atoms with van der Waals surface area (Å²) in [6.45, 7) is 0. The Balaban J connectivity index is 1.86. The average Bonchev–Trinajstić information content (AvgIpc) is 2.81. The van der Waals surface area contributed by atoms with Gasteiger partial charge < -0.3 is 9.52 Å². The van der Waals surface area contributed by atoms with Crippen LogP contribution < -0.4 is 0 Å². The first kappa shape index (κ1) is 13.2. The molecular weight excluding hydrogens is 279 g/mol. The molecule has 3 aromatic rings. The molecule has 2 nitrogen and oxygen atoms in total. The van der Waals surface area contributed by atoms with Crippen molar-refractivity contribution in [2.24, 2.45) is 0 Å². The van der Waals surface area contributed by atoms with Crippen LogP contribution in [-0.2, 0) is 6.42 Å². The van der Waals surface area contributed by atoms with Crippen molar-refractivity contribution in [3.05, 3.63) is 70.7 Å². The number of furan rings is 1. The van der Waals surface area contributed by atoms with Crippen LogP contribution in [-0.4, -0.2) is 5.11 Å². The van der Waals surface area contributed by atoms with Crippen LogP contribution >= 0.6 is 11.6 Å². The SMILES string of the molecule is OC(Cc1cccc(Cl)c1)c1cc2cc(F)ccc2o1. The highest BCUT2D eigenvalue weighted by Gasteiger charge is 2.14. The molecular formula is C16H12ClFO2. The van der Waals surface area contributed by atoms with Gasteiger partial charge in [0, 0.05) is 16.8 Å². The molecule has 102 valence electrons. The molecule has 0 spiro atoms. The fourth-order valence-corrected chi connectivity index (χ4v) is 2.40. The summed E-state index contributed by atoms with van der Waals surface area (Å²) in [5, 5.41) is 11.5. The molecule has 1 heterocycles. The fourth-order valence-electron chi connectivity index (χ4n) is 2.19. The summed E-state index contributed by atoms with van der Waals surface area (Å²) in [4.78, 5) is 0. The highest BCUT2D eigenvalue weighted by atomic mass is 35.5. The number of aliphatic hydroxyl groups excluding tert-OH is 1. The number of benzene rings is 2. The van der Waals surface area contributed by atoms with Crippen LogP contribution in [0.3, 0.4) is 0 Å². The second-order valence-corrected chi connectivity index (χ2v) is 5.12. The standard InChI is InChI=1S/C16H12ClFO2/c17-12-3-1-2-10(6-12)7-14(19)16-9-11-8-13(18)4-5-15(11)20-16/h1-6,8-9,14,19H,7H2. The summed E-state index contributed by atoms with van der Waals surface area (Å²) in [6, 6.07) is 13.2. The largest absolute Gasteiger partial charge is 0.458 e. The topological polar surface area (TPSA) is 33.4 Å². The molecule has 4 heteroatoms. The molecule has 3 rings (SSSR count). The third kappa shape index (κ3) is 2.69. The Labute approximate surface area is 120 Å². The zero-order chi connectivity index (χ0) is 14.1. The van der Waals surface area contributed by atoms with Crippen molar-refractivity contribution in [2.75, 3.05) is 0 Å². The molecule has 0 saturated carbocycles. The highest BCUT2D eigenvalue weighted by Crippen LogP contribution is 2.27. The van der Waals surface area contributed by atoms with Gasteiger partial charge in [0.25, 0.3) is 0 Å². The molecule has 0 aliphatic carbocycles. The summed E-state index contributed by atoms with van der Waals surface area (Å²) in [6.07, 6.45) is -0.396. The molecule has 2 aromatic carbocycles. The Hall–Kier alpha value is -1.84. The number of halogens is 2. The van der Waals surface area contributed by atoms with Crippen LogP contribution in [0, 0.1) is 5.82 Å². The van der Waals surface area contributed by atoms with E-state index in [0.29, 0.717) is 28.2 Å². The van der Waals surface area contributed by atoms with Gasteiger partial charge in [-0.3, -0.25) is 0 Å². The molecule has 0 aliphatic heterocycles. The number of hydrogen-bond donors (Lipinski definition) is 1. The molecule has 0 bridgehead atoms. The van der Waals surface area contributed by atoms with Gasteiger partial charge in [0.1, 0.15) is 23.3 Å². The van der Waals surface area contributed by atoms with E-state index < -0.39 is 6.10 Å². The van der Waals surface area contributed by atoms with Gasteiger partial charge in [-0.15, -0.1) is 0 Å². The van der Waals surface area contributed by atoms with E-state index in [1.807, 2.05) is 12.1 Å². The maximum absolute atomic E-state index is 13.1. The van der Waals surface area contributed by atoms with Crippen molar-refractivity contribution in [3.8, 4) is 0 Å². The lowest BCUT2D eigenvalue weighted by molar-refractivity contribution is 0.152. The summed E-state index contributed by atoms with van der Waals surface area (Å²) < 4.78 is 18.7. The van der Waals surface area contributed by atoms with E-state index >= 15 is 0 Å². The van der Waals surface area contributed by atoms with Crippen molar-refractivity contribution in [1.29, 1.82) is 0 Å². The Bertz CT molecular complexity index is 751. The monoisotopic (exact) mass is 290 g/mol. The van der Waals surface area contributed by atoms with Gasteiger partial charge in [-0.1, -0.05) is 23.7 Å². The van der Waals surface area contributed by atoms with Crippen LogP contribution in [0.15, 0.2) is 52.9 Å². The highest BCUT2D eigenvalue weighted by molar-refractivity contribution is 6.30. The van der Waals surface area contributed by atoms with Gasteiger partial charge >= 0.3 is 0 Å². The van der Waals surface area contributed by atoms with E-state index in [0.717, 1.165) is 5.56 Å². The van der Waals surface area contributed by atoms with E-state index in [2.05, 4.69) is 0 Å². The molecule has 0 aliphatic rings. The number of fused-ring (bicyclic) bond motifs is 1. The Morgan fingerprint density at radius 1 is 1.15 bits per heavy atom. The lowest BCUT2D eigenvalue weighted by atomic mass is 10.1. The van der Waals surface area contributed by atoms with Crippen LogP contribution in [0.25, 0.3) is 11.0 Å². The van der Waals surface area contributed by atoms with Crippen LogP contribution in [0.1, 0.15) is 17.4 Å². The van der Waals surface area contributed by atoms with Crippen LogP contribution in [0.4, 0.5) is 4.39 Å². The average molecular weight is 291 g/mol. The number of aliphatic hydroxyl groups is 1. The van der Waals surface area contributed by atoms with Crippen LogP contribution in [0.2, 0.25) is 5.02 Å². The van der Waals surface area contributed by atoms with E-state index in [9.17, 15) is 9.50 Å². The van der Waals surface area contributed by atoms with Gasteiger partial charge in [0.15, 0.2) is 0 Å². The minimum atomic E-state index is -0.788. The zero-order valence-corrected chi connectivity index (χ0v) is 11.3. The molecule has 0 fully saturated rings. The van der Waals surface area contributed by atoms with Crippen molar-refractivity contribution < 1.29 is 13.9 Å². The molecule has 20 heavy (non-hydrogen) atoms. The Morgan fingerprint density at radius 2 is 2.00 bits per heavy atom. The first-order valence-corrected chi connectivity index (χ1v) is 6.61. The van der Waals surface area contributed by atoms with Gasteiger partial charge in [-0.05, 0) is 42.0 Å². The second-order valence-electron chi connectivity index (χ2n) is 4.68. The van der Waals surface area contributed by atoms with E-state index in [1.54, 1.807) is 24.3 Å². The van der Waals surface area contributed by atoms with Gasteiger partial charge in [-0.2, -0.15) is 0 Å². The molecule has 1 atom stereocenters. The maximum Gasteiger partial charge on any atom is 0.134 e. The Kier molecular flexibility index (Phi) is 3.47. The normalized spacial score (nSPS) is 12.8. The minimum absolute atomic E-state index is 0.325. The zero-order valence-electron chi connectivity index (χ0n) is 10.5. The van der Waals surface area contributed by atoms with Crippen molar-refractivity contribution in [2.45, 2.75) is 12.5 Å². The molecule has 1 N–H and O–H groups in total. The van der Waals surface area contributed by atoms with Crippen molar-refractivity contribution >= 4 is 22.6 Å². The Morgan fingerprint density at radius 3 is 2.80 bits per heavy atom. The predicted octanol–water partition coefficient (Wildman–Crippen LogP) is 4.50. The molecule has 0 amide bonds. The fraction of sp³-hybridized carbons (Fsp3) is 0.125. The van der Waals surface area contributed by atoms with Crippen molar-refractivity contribution in [3.63, 3.8) is 0 Å². The molecule has 0 saturated heterocycles. The summed E-state index contributed by atoms with van der Waals surface area (Å²) in [5.74, 6) is 0.0970. The van der Waals surface area contributed by atoms with Crippen molar-refractivity contribution in [1.82, 2.24) is 0 Å². The first-order chi connectivity index (χ1) is 9.61. The first-order valence-electron chi connectivity index (χ1n) is 6.23. The lowest BCUT2D eigenvalue weighted by Gasteiger charge is -2.07. The van der Waals surface area contributed by atoms with Crippen LogP contribution in [0.5, 0.6) is 0 Å². The minimum Gasteiger partial charge on any atom is -0.458 e. The summed E-state index contributed by atoms with van der Waals surface area (Å²) in [7, 11) is 0. The maximum atomic E-state index is 13.1.